The summed E-state index contributed by atoms with van der Waals surface area (Å²) in [5, 5.41) is 3.20. The molecule has 0 fully saturated rings. The van der Waals surface area contributed by atoms with Crippen molar-refractivity contribution in [1.82, 2.24) is 15.3 Å². The number of amides is 1. The monoisotopic (exact) mass is 414 g/mol. The van der Waals surface area contributed by atoms with E-state index in [1.165, 1.54) is 10.5 Å². The number of aromatic nitrogens is 2. The van der Waals surface area contributed by atoms with Crippen molar-refractivity contribution in [3.63, 3.8) is 0 Å². The summed E-state index contributed by atoms with van der Waals surface area (Å²) < 4.78 is 0. The third-order valence-corrected chi connectivity index (χ3v) is 6.64. The lowest BCUT2D eigenvalue weighted by atomic mass is 10.0. The lowest BCUT2D eigenvalue weighted by Crippen LogP contribution is -2.32. The molecule has 1 aromatic carbocycles. The number of carbonyl (C=O) groups excluding carboxylic acids is 1. The smallest absolute Gasteiger partial charge is 0.226 e. The summed E-state index contributed by atoms with van der Waals surface area (Å²) in [6.45, 7) is 2.60. The normalized spacial score (nSPS) is 17.1. The topological polar surface area (TPSA) is 67.2 Å². The van der Waals surface area contributed by atoms with Crippen molar-refractivity contribution in [2.45, 2.75) is 37.2 Å². The van der Waals surface area contributed by atoms with Crippen LogP contribution in [0.2, 0.25) is 0 Å². The van der Waals surface area contributed by atoms with Gasteiger partial charge in [0.05, 0.1) is 30.4 Å². The van der Waals surface area contributed by atoms with E-state index in [4.69, 9.17) is 4.99 Å². The van der Waals surface area contributed by atoms with Crippen LogP contribution in [0.1, 0.15) is 46.1 Å². The third kappa shape index (κ3) is 3.75. The van der Waals surface area contributed by atoms with Gasteiger partial charge in [-0.15, -0.1) is 11.8 Å². The second-order valence-electron chi connectivity index (χ2n) is 7.66. The fourth-order valence-electron chi connectivity index (χ4n) is 4.08. The zero-order valence-electron chi connectivity index (χ0n) is 16.8. The highest BCUT2D eigenvalue weighted by atomic mass is 32.2. The molecule has 5 rings (SSSR count). The number of rotatable bonds is 4. The summed E-state index contributed by atoms with van der Waals surface area (Å²) in [4.78, 5) is 27.5. The van der Waals surface area contributed by atoms with Gasteiger partial charge in [-0.3, -0.25) is 19.8 Å². The average Bonchev–Trinajstić information content (AvgIpc) is 3.17. The first kappa shape index (κ1) is 19.0. The van der Waals surface area contributed by atoms with Crippen LogP contribution >= 0.6 is 11.8 Å². The summed E-state index contributed by atoms with van der Waals surface area (Å²) in [6, 6.07) is 14.4. The van der Waals surface area contributed by atoms with Crippen LogP contribution < -0.4 is 5.32 Å². The van der Waals surface area contributed by atoms with Crippen LogP contribution in [0.25, 0.3) is 0 Å². The van der Waals surface area contributed by atoms with Crippen LogP contribution in [0, 0.1) is 6.92 Å². The molecule has 0 saturated heterocycles. The Labute approximate surface area is 180 Å². The van der Waals surface area contributed by atoms with Gasteiger partial charge in [0.1, 0.15) is 0 Å². The molecule has 1 N–H and O–H groups in total. The second-order valence-corrected chi connectivity index (χ2v) is 8.79. The molecule has 30 heavy (non-hydrogen) atoms. The lowest BCUT2D eigenvalue weighted by molar-refractivity contribution is -0.121. The van der Waals surface area contributed by atoms with Crippen molar-refractivity contribution < 1.29 is 4.79 Å². The molecule has 150 valence electrons. The minimum absolute atomic E-state index is 0.0121. The summed E-state index contributed by atoms with van der Waals surface area (Å²) in [6.07, 6.45) is 4.89. The Kier molecular flexibility index (Phi) is 5.09. The predicted octanol–water partition coefficient (Wildman–Crippen LogP) is 4.03. The maximum Gasteiger partial charge on any atom is 0.226 e. The van der Waals surface area contributed by atoms with Crippen molar-refractivity contribution in [2.24, 2.45) is 4.99 Å². The van der Waals surface area contributed by atoms with E-state index in [9.17, 15) is 4.79 Å². The molecule has 5 nitrogen and oxygen atoms in total. The van der Waals surface area contributed by atoms with Gasteiger partial charge in [-0.05, 0) is 48.7 Å². The molecule has 2 aliphatic rings. The molecule has 0 radical (unpaired) electrons. The van der Waals surface area contributed by atoms with Crippen LogP contribution in [0.4, 0.5) is 0 Å². The number of aryl methyl sites for hydroxylation is 1. The molecule has 0 bridgehead atoms. The number of benzene rings is 1. The molecule has 1 atom stereocenters. The Balaban J connectivity index is 1.29. The van der Waals surface area contributed by atoms with Crippen molar-refractivity contribution in [3.8, 4) is 0 Å². The molecule has 3 aromatic rings. The molecular formula is C24H22N4OS. The number of pyridine rings is 2. The van der Waals surface area contributed by atoms with E-state index in [2.05, 4.69) is 27.4 Å². The van der Waals surface area contributed by atoms with E-state index in [1.807, 2.05) is 55.2 Å². The predicted molar refractivity (Wildman–Crippen MR) is 119 cm³/mol. The molecule has 6 heteroatoms. The molecule has 0 unspecified atom stereocenters. The summed E-state index contributed by atoms with van der Waals surface area (Å²) in [5.41, 5.74) is 7.15. The number of nitrogens with one attached hydrogen (secondary N) is 1. The Hall–Kier alpha value is -2.99. The van der Waals surface area contributed by atoms with Gasteiger partial charge in [-0.1, -0.05) is 18.2 Å². The lowest BCUT2D eigenvalue weighted by Gasteiger charge is -2.25. The SMILES string of the molecule is Cc1cc(C2=NCc3cc(CC(=O)N[C@@H]4CCSc5ccccc54)ncc32)ccn1. The molecule has 0 saturated carbocycles. The van der Waals surface area contributed by atoms with Gasteiger partial charge in [0.25, 0.3) is 0 Å². The quantitative estimate of drug-likeness (QED) is 0.700. The van der Waals surface area contributed by atoms with E-state index >= 15 is 0 Å². The minimum atomic E-state index is 0.0121. The average molecular weight is 415 g/mol. The Morgan fingerprint density at radius 2 is 2.10 bits per heavy atom. The largest absolute Gasteiger partial charge is 0.349 e. The van der Waals surface area contributed by atoms with Crippen molar-refractivity contribution >= 4 is 23.4 Å². The fourth-order valence-corrected chi connectivity index (χ4v) is 5.20. The zero-order valence-corrected chi connectivity index (χ0v) is 17.6. The van der Waals surface area contributed by atoms with Gasteiger partial charge < -0.3 is 5.32 Å². The van der Waals surface area contributed by atoms with E-state index in [-0.39, 0.29) is 18.4 Å². The van der Waals surface area contributed by atoms with Crippen molar-refractivity contribution in [3.05, 3.63) is 88.5 Å². The molecular weight excluding hydrogens is 392 g/mol. The van der Waals surface area contributed by atoms with Gasteiger partial charge >= 0.3 is 0 Å². The van der Waals surface area contributed by atoms with Crippen molar-refractivity contribution in [1.29, 1.82) is 0 Å². The Morgan fingerprint density at radius 1 is 1.20 bits per heavy atom. The third-order valence-electron chi connectivity index (χ3n) is 5.51. The maximum atomic E-state index is 12.7. The maximum absolute atomic E-state index is 12.7. The number of aliphatic imine (C=N–C) groups is 1. The van der Waals surface area contributed by atoms with E-state index in [0.29, 0.717) is 6.54 Å². The second kappa shape index (κ2) is 8.03. The Bertz CT molecular complexity index is 1160. The van der Waals surface area contributed by atoms with E-state index < -0.39 is 0 Å². The van der Waals surface area contributed by atoms with Gasteiger partial charge in [0.15, 0.2) is 0 Å². The molecule has 0 aliphatic carbocycles. The first-order chi connectivity index (χ1) is 14.7. The van der Waals surface area contributed by atoms with E-state index in [1.54, 1.807) is 6.20 Å². The van der Waals surface area contributed by atoms with Crippen LogP contribution in [-0.4, -0.2) is 27.3 Å². The number of hydrogen-bond donors (Lipinski definition) is 1. The van der Waals surface area contributed by atoms with Gasteiger partial charge in [0.2, 0.25) is 5.91 Å². The van der Waals surface area contributed by atoms with Gasteiger partial charge in [0, 0.05) is 39.9 Å². The van der Waals surface area contributed by atoms with E-state index in [0.717, 1.165) is 46.0 Å². The number of carbonyl (C=O) groups is 1. The molecule has 2 aliphatic heterocycles. The molecule has 0 spiro atoms. The molecule has 2 aromatic heterocycles. The highest BCUT2D eigenvalue weighted by Gasteiger charge is 2.23. The highest BCUT2D eigenvalue weighted by molar-refractivity contribution is 7.99. The minimum Gasteiger partial charge on any atom is -0.349 e. The van der Waals surface area contributed by atoms with Crippen LogP contribution in [0.3, 0.4) is 0 Å². The standard InChI is InChI=1S/C24H22N4OS/c1-15-10-16(6-8-25-15)24-20-14-26-18(11-17(20)13-27-24)12-23(29)28-21-7-9-30-22-5-3-2-4-19(21)22/h2-6,8,10-11,14,21H,7,9,12-13H2,1H3,(H,28,29)/t21-/m1/s1. The Morgan fingerprint density at radius 3 is 3.00 bits per heavy atom. The summed E-state index contributed by atoms with van der Waals surface area (Å²) in [7, 11) is 0. The number of thioether (sulfide) groups is 1. The van der Waals surface area contributed by atoms with Gasteiger partial charge in [-0.2, -0.15) is 0 Å². The summed E-state index contributed by atoms with van der Waals surface area (Å²) in [5.74, 6) is 1.03. The van der Waals surface area contributed by atoms with Crippen LogP contribution in [-0.2, 0) is 17.8 Å². The van der Waals surface area contributed by atoms with Crippen LogP contribution in [0.5, 0.6) is 0 Å². The van der Waals surface area contributed by atoms with Crippen LogP contribution in [0.15, 0.2) is 64.7 Å². The molecule has 4 heterocycles. The van der Waals surface area contributed by atoms with Gasteiger partial charge in [-0.25, -0.2) is 0 Å². The first-order valence-corrected chi connectivity index (χ1v) is 11.1. The fraction of sp³-hybridized carbons (Fsp3) is 0.250. The summed E-state index contributed by atoms with van der Waals surface area (Å²) >= 11 is 1.86. The molecule has 1 amide bonds. The number of nitrogens with zero attached hydrogens (tertiary/aromatic N) is 3. The number of hydrogen-bond acceptors (Lipinski definition) is 5. The number of fused-ring (bicyclic) bond motifs is 2. The van der Waals surface area contributed by atoms with Crippen molar-refractivity contribution in [2.75, 3.05) is 5.75 Å². The highest BCUT2D eigenvalue weighted by Crippen LogP contribution is 2.35. The first-order valence-electron chi connectivity index (χ1n) is 10.1. The zero-order chi connectivity index (χ0) is 20.5.